The highest BCUT2D eigenvalue weighted by Gasteiger charge is 2.24. The molecule has 1 aliphatic carbocycles. The SMILES string of the molecule is C=CS(C)(C)C1CCCC1. The summed E-state index contributed by atoms with van der Waals surface area (Å²) in [5.74, 6) is 0. The molecule has 0 amide bonds. The highest BCUT2D eigenvalue weighted by molar-refractivity contribution is 8.35. The van der Waals surface area contributed by atoms with Crippen LogP contribution in [0.4, 0.5) is 0 Å². The van der Waals surface area contributed by atoms with Crippen LogP contribution in [0.25, 0.3) is 0 Å². The zero-order valence-electron chi connectivity index (χ0n) is 7.10. The van der Waals surface area contributed by atoms with Crippen LogP contribution in [-0.4, -0.2) is 17.8 Å². The zero-order chi connectivity index (χ0) is 7.61. The zero-order valence-corrected chi connectivity index (χ0v) is 7.91. The first kappa shape index (κ1) is 8.19. The van der Waals surface area contributed by atoms with Crippen LogP contribution < -0.4 is 0 Å². The summed E-state index contributed by atoms with van der Waals surface area (Å²) in [6.45, 7) is 3.91. The molecule has 0 nitrogen and oxygen atoms in total. The molecule has 0 spiro atoms. The smallest absolute Gasteiger partial charge is 0.00837 e. The molecule has 0 bridgehead atoms. The van der Waals surface area contributed by atoms with Crippen LogP contribution in [0.2, 0.25) is 0 Å². The monoisotopic (exact) mass is 158 g/mol. The van der Waals surface area contributed by atoms with E-state index >= 15 is 0 Å². The Morgan fingerprint density at radius 3 is 2.20 bits per heavy atom. The van der Waals surface area contributed by atoms with Gasteiger partial charge in [0.25, 0.3) is 0 Å². The molecule has 0 aromatic heterocycles. The summed E-state index contributed by atoms with van der Waals surface area (Å²) in [7, 11) is -0.434. The van der Waals surface area contributed by atoms with Gasteiger partial charge >= 0.3 is 0 Å². The second-order valence-corrected chi connectivity index (χ2v) is 7.53. The van der Waals surface area contributed by atoms with Crippen molar-refractivity contribution in [3.63, 3.8) is 0 Å². The van der Waals surface area contributed by atoms with E-state index in [-0.39, 0.29) is 0 Å². The van der Waals surface area contributed by atoms with Gasteiger partial charge in [-0.3, -0.25) is 0 Å². The molecule has 0 aliphatic heterocycles. The Balaban J connectivity index is 2.53. The largest absolute Gasteiger partial charge is 0.225 e. The predicted octanol–water partition coefficient (Wildman–Crippen LogP) is 3.14. The molecular weight excluding hydrogens is 140 g/mol. The molecule has 60 valence electrons. The van der Waals surface area contributed by atoms with Crippen LogP contribution in [0.1, 0.15) is 25.7 Å². The maximum absolute atomic E-state index is 3.91. The van der Waals surface area contributed by atoms with Gasteiger partial charge in [0, 0.05) is 0 Å². The Morgan fingerprint density at radius 1 is 1.30 bits per heavy atom. The molecule has 1 heteroatoms. The summed E-state index contributed by atoms with van der Waals surface area (Å²) in [6.07, 6.45) is 10.6. The maximum Gasteiger partial charge on any atom is -0.00837 e. The Bertz CT molecular complexity index is 121. The Labute approximate surface area is 66.0 Å². The molecule has 10 heavy (non-hydrogen) atoms. The second kappa shape index (κ2) is 3.00. The maximum atomic E-state index is 3.91. The van der Waals surface area contributed by atoms with E-state index in [2.05, 4.69) is 24.5 Å². The average Bonchev–Trinajstić information content (AvgIpc) is 2.38. The van der Waals surface area contributed by atoms with E-state index in [1.807, 2.05) is 0 Å². The van der Waals surface area contributed by atoms with Crippen LogP contribution in [0.3, 0.4) is 0 Å². The quantitative estimate of drug-likeness (QED) is 0.579. The third kappa shape index (κ3) is 1.57. The first-order valence-electron chi connectivity index (χ1n) is 4.01. The van der Waals surface area contributed by atoms with Gasteiger partial charge in [0.15, 0.2) is 0 Å². The van der Waals surface area contributed by atoms with E-state index in [1.54, 1.807) is 0 Å². The Morgan fingerprint density at radius 2 is 1.80 bits per heavy atom. The van der Waals surface area contributed by atoms with Gasteiger partial charge in [-0.05, 0) is 30.6 Å². The predicted molar refractivity (Wildman–Crippen MR) is 51.9 cm³/mol. The Hall–Kier alpha value is 0.0900. The van der Waals surface area contributed by atoms with Crippen molar-refractivity contribution in [1.29, 1.82) is 0 Å². The van der Waals surface area contributed by atoms with Gasteiger partial charge in [0.2, 0.25) is 0 Å². The van der Waals surface area contributed by atoms with Crippen molar-refractivity contribution in [2.75, 3.05) is 12.5 Å². The van der Waals surface area contributed by atoms with Crippen molar-refractivity contribution in [3.05, 3.63) is 12.0 Å². The van der Waals surface area contributed by atoms with Crippen molar-refractivity contribution in [2.24, 2.45) is 0 Å². The van der Waals surface area contributed by atoms with Gasteiger partial charge in [0.1, 0.15) is 0 Å². The molecule has 0 unspecified atom stereocenters. The molecule has 0 aromatic carbocycles. The standard InChI is InChI=1S/C9H18S/c1-4-10(2,3)9-7-5-6-8-9/h4,9H,1,5-8H2,2-3H3. The van der Waals surface area contributed by atoms with Crippen LogP contribution in [0, 0.1) is 0 Å². The van der Waals surface area contributed by atoms with E-state index in [9.17, 15) is 0 Å². The summed E-state index contributed by atoms with van der Waals surface area (Å²) >= 11 is 0. The highest BCUT2D eigenvalue weighted by atomic mass is 32.3. The van der Waals surface area contributed by atoms with Gasteiger partial charge in [-0.15, -0.1) is 0 Å². The van der Waals surface area contributed by atoms with Crippen LogP contribution in [0.15, 0.2) is 12.0 Å². The van der Waals surface area contributed by atoms with E-state index in [4.69, 9.17) is 0 Å². The van der Waals surface area contributed by atoms with Crippen LogP contribution in [0.5, 0.6) is 0 Å². The average molecular weight is 158 g/mol. The summed E-state index contributed by atoms with van der Waals surface area (Å²) < 4.78 is 0. The van der Waals surface area contributed by atoms with E-state index in [0.29, 0.717) is 0 Å². The van der Waals surface area contributed by atoms with Crippen LogP contribution in [-0.2, 0) is 0 Å². The van der Waals surface area contributed by atoms with Gasteiger partial charge in [0.05, 0.1) is 0 Å². The van der Waals surface area contributed by atoms with Gasteiger partial charge in [-0.2, -0.15) is 0 Å². The number of hydrogen-bond donors (Lipinski definition) is 0. The molecule has 1 rings (SSSR count). The molecule has 0 heterocycles. The lowest BCUT2D eigenvalue weighted by Crippen LogP contribution is -2.09. The Kier molecular flexibility index (Phi) is 2.45. The van der Waals surface area contributed by atoms with E-state index < -0.39 is 10.0 Å². The van der Waals surface area contributed by atoms with Crippen molar-refractivity contribution in [3.8, 4) is 0 Å². The molecule has 0 N–H and O–H groups in total. The molecule has 1 aliphatic rings. The minimum atomic E-state index is -0.434. The summed E-state index contributed by atoms with van der Waals surface area (Å²) in [5, 5.41) is 3.19. The molecule has 0 saturated heterocycles. The summed E-state index contributed by atoms with van der Waals surface area (Å²) in [5.41, 5.74) is 0. The van der Waals surface area contributed by atoms with Crippen LogP contribution >= 0.6 is 10.0 Å². The third-order valence-electron chi connectivity index (χ3n) is 2.59. The molecule has 1 fully saturated rings. The number of hydrogen-bond acceptors (Lipinski definition) is 0. The van der Waals surface area contributed by atoms with E-state index in [1.165, 1.54) is 25.7 Å². The van der Waals surface area contributed by atoms with E-state index in [0.717, 1.165) is 5.25 Å². The topological polar surface area (TPSA) is 0 Å². The number of rotatable bonds is 2. The molecular formula is C9H18S. The van der Waals surface area contributed by atoms with Crippen molar-refractivity contribution in [2.45, 2.75) is 30.9 Å². The molecule has 0 aromatic rings. The lowest BCUT2D eigenvalue weighted by atomic mass is 10.4. The first-order valence-corrected chi connectivity index (χ1v) is 6.59. The first-order chi connectivity index (χ1) is 4.67. The second-order valence-electron chi connectivity index (χ2n) is 3.56. The molecule has 0 atom stereocenters. The minimum absolute atomic E-state index is 0.434. The fourth-order valence-corrected chi connectivity index (χ4v) is 3.45. The molecule has 0 radical (unpaired) electrons. The van der Waals surface area contributed by atoms with Gasteiger partial charge in [-0.25, -0.2) is 10.0 Å². The van der Waals surface area contributed by atoms with Crippen molar-refractivity contribution in [1.82, 2.24) is 0 Å². The lowest BCUT2D eigenvalue weighted by molar-refractivity contribution is 0.886. The van der Waals surface area contributed by atoms with Gasteiger partial charge < -0.3 is 0 Å². The normalized spacial score (nSPS) is 23.0. The lowest BCUT2D eigenvalue weighted by Gasteiger charge is -2.33. The fraction of sp³-hybridized carbons (Fsp3) is 0.778. The summed E-state index contributed by atoms with van der Waals surface area (Å²) in [4.78, 5) is 0. The van der Waals surface area contributed by atoms with Crippen molar-refractivity contribution < 1.29 is 0 Å². The third-order valence-corrected chi connectivity index (χ3v) is 5.64. The fourth-order valence-electron chi connectivity index (χ4n) is 1.63. The minimum Gasteiger partial charge on any atom is -0.225 e. The molecule has 1 saturated carbocycles. The van der Waals surface area contributed by atoms with Gasteiger partial charge in [-0.1, -0.05) is 24.8 Å². The summed E-state index contributed by atoms with van der Waals surface area (Å²) in [6, 6.07) is 0. The highest BCUT2D eigenvalue weighted by Crippen LogP contribution is 2.52. The van der Waals surface area contributed by atoms with Crippen molar-refractivity contribution >= 4 is 10.0 Å².